The second-order valence-corrected chi connectivity index (χ2v) is 4.10. The minimum absolute atomic E-state index is 0.184. The molecule has 0 bridgehead atoms. The predicted octanol–water partition coefficient (Wildman–Crippen LogP) is 2.48. The van der Waals surface area contributed by atoms with E-state index in [1.165, 1.54) is 11.3 Å². The predicted molar refractivity (Wildman–Crippen MR) is 55.2 cm³/mol. The number of thiol groups is 1. The molecule has 0 aliphatic rings. The van der Waals surface area contributed by atoms with Gasteiger partial charge in [0.2, 0.25) is 0 Å². The minimum atomic E-state index is 0.184. The summed E-state index contributed by atoms with van der Waals surface area (Å²) in [6, 6.07) is 5.54. The maximum absolute atomic E-state index is 9.45. The first-order valence-corrected chi connectivity index (χ1v) is 4.65. The topological polar surface area (TPSA) is 46.2 Å². The van der Waals surface area contributed by atoms with Gasteiger partial charge in [-0.25, -0.2) is 0 Å². The first-order chi connectivity index (χ1) is 5.68. The van der Waals surface area contributed by atoms with Crippen LogP contribution in [0.2, 0.25) is 0 Å². The van der Waals surface area contributed by atoms with Crippen molar-refractivity contribution in [1.82, 2.24) is 0 Å². The van der Waals surface area contributed by atoms with Crippen LogP contribution < -0.4 is 5.73 Å². The van der Waals surface area contributed by atoms with E-state index in [-0.39, 0.29) is 5.75 Å². The minimum Gasteiger partial charge on any atom is -0.504 e. The monoisotopic (exact) mass is 197 g/mol. The number of hydrogen-bond donors (Lipinski definition) is 3. The van der Waals surface area contributed by atoms with Gasteiger partial charge in [-0.05, 0) is 18.2 Å². The van der Waals surface area contributed by atoms with Crippen LogP contribution in [0.4, 0.5) is 5.00 Å². The van der Waals surface area contributed by atoms with Gasteiger partial charge >= 0.3 is 0 Å². The van der Waals surface area contributed by atoms with Gasteiger partial charge in [0.1, 0.15) is 5.00 Å². The van der Waals surface area contributed by atoms with Crippen molar-refractivity contribution in [2.75, 3.05) is 5.73 Å². The molecule has 2 aromatic rings. The fraction of sp³-hybridized carbons (Fsp3) is 0. The Morgan fingerprint density at radius 1 is 1.42 bits per heavy atom. The molecule has 0 spiro atoms. The summed E-state index contributed by atoms with van der Waals surface area (Å²) in [6.07, 6.45) is 0. The summed E-state index contributed by atoms with van der Waals surface area (Å²) >= 11 is 5.56. The third kappa shape index (κ3) is 1.04. The highest BCUT2D eigenvalue weighted by Gasteiger charge is 2.07. The van der Waals surface area contributed by atoms with Crippen molar-refractivity contribution in [2.24, 2.45) is 0 Å². The van der Waals surface area contributed by atoms with Gasteiger partial charge < -0.3 is 10.8 Å². The Labute approximate surface area is 79.0 Å². The van der Waals surface area contributed by atoms with Crippen molar-refractivity contribution < 1.29 is 5.11 Å². The van der Waals surface area contributed by atoms with Crippen molar-refractivity contribution in [3.8, 4) is 5.75 Å². The molecule has 0 amide bonds. The van der Waals surface area contributed by atoms with Gasteiger partial charge in [-0.3, -0.25) is 0 Å². The highest BCUT2D eigenvalue weighted by molar-refractivity contribution is 7.80. The molecule has 1 aromatic heterocycles. The summed E-state index contributed by atoms with van der Waals surface area (Å²) in [4.78, 5) is 0.878. The number of thiophene rings is 1. The summed E-state index contributed by atoms with van der Waals surface area (Å²) < 4.78 is 0.970. The molecule has 0 saturated heterocycles. The Morgan fingerprint density at radius 2 is 2.17 bits per heavy atom. The van der Waals surface area contributed by atoms with Gasteiger partial charge in [-0.2, -0.15) is 0 Å². The highest BCUT2D eigenvalue weighted by Crippen LogP contribution is 2.39. The number of benzene rings is 1. The Kier molecular flexibility index (Phi) is 1.66. The molecule has 0 radical (unpaired) electrons. The van der Waals surface area contributed by atoms with Crippen LogP contribution in [0.25, 0.3) is 10.1 Å². The molecule has 1 heterocycles. The van der Waals surface area contributed by atoms with Crippen molar-refractivity contribution >= 4 is 39.1 Å². The van der Waals surface area contributed by atoms with E-state index in [9.17, 15) is 5.11 Å². The smallest absolute Gasteiger partial charge is 0.157 e. The van der Waals surface area contributed by atoms with Crippen LogP contribution in [-0.4, -0.2) is 5.11 Å². The maximum atomic E-state index is 9.45. The molecule has 3 N–H and O–H groups in total. The largest absolute Gasteiger partial charge is 0.504 e. The van der Waals surface area contributed by atoms with Gasteiger partial charge in [0.25, 0.3) is 0 Å². The van der Waals surface area contributed by atoms with E-state index in [4.69, 9.17) is 5.73 Å². The number of nitrogen functional groups attached to an aromatic ring is 1. The number of fused-ring (bicyclic) bond motifs is 1. The third-order valence-electron chi connectivity index (χ3n) is 1.67. The van der Waals surface area contributed by atoms with E-state index >= 15 is 0 Å². The van der Waals surface area contributed by atoms with E-state index in [1.54, 1.807) is 0 Å². The summed E-state index contributed by atoms with van der Waals surface area (Å²) in [7, 11) is 0. The molecule has 0 saturated carbocycles. The van der Waals surface area contributed by atoms with E-state index < -0.39 is 0 Å². The number of nitrogens with two attached hydrogens (primary N) is 1. The molecule has 0 aliphatic carbocycles. The van der Waals surface area contributed by atoms with Crippen LogP contribution >= 0.6 is 24.0 Å². The SMILES string of the molecule is Nc1sc2cc(S)ccc2c1O. The Bertz CT molecular complexity index is 436. The second-order valence-electron chi connectivity index (χ2n) is 2.50. The quantitative estimate of drug-likeness (QED) is 0.568. The zero-order valence-corrected chi connectivity index (χ0v) is 7.82. The number of anilines is 1. The number of aromatic hydroxyl groups is 1. The Balaban J connectivity index is 2.87. The summed E-state index contributed by atoms with van der Waals surface area (Å²) in [5.74, 6) is 0.184. The average molecular weight is 197 g/mol. The zero-order valence-electron chi connectivity index (χ0n) is 6.11. The third-order valence-corrected chi connectivity index (χ3v) is 2.92. The Morgan fingerprint density at radius 3 is 2.92 bits per heavy atom. The fourth-order valence-electron chi connectivity index (χ4n) is 1.09. The lowest BCUT2D eigenvalue weighted by Gasteiger charge is -1.91. The van der Waals surface area contributed by atoms with Crippen LogP contribution in [0.3, 0.4) is 0 Å². The van der Waals surface area contributed by atoms with E-state index in [0.717, 1.165) is 15.0 Å². The summed E-state index contributed by atoms with van der Waals surface area (Å²) in [5, 5.41) is 10.7. The highest BCUT2D eigenvalue weighted by atomic mass is 32.1. The standard InChI is InChI=1S/C8H7NOS2/c9-8-7(10)5-2-1-4(11)3-6(5)12-8/h1-3,10-11H,9H2. The lowest BCUT2D eigenvalue weighted by molar-refractivity contribution is 0.486. The second kappa shape index (κ2) is 2.57. The van der Waals surface area contributed by atoms with Crippen molar-refractivity contribution in [3.05, 3.63) is 18.2 Å². The molecule has 62 valence electrons. The lowest BCUT2D eigenvalue weighted by atomic mass is 10.2. The van der Waals surface area contributed by atoms with E-state index in [2.05, 4.69) is 12.6 Å². The first kappa shape index (κ1) is 7.76. The molecular weight excluding hydrogens is 190 g/mol. The summed E-state index contributed by atoms with van der Waals surface area (Å²) in [6.45, 7) is 0. The van der Waals surface area contributed by atoms with Crippen LogP contribution in [-0.2, 0) is 0 Å². The fourth-order valence-corrected chi connectivity index (χ4v) is 2.29. The van der Waals surface area contributed by atoms with Gasteiger partial charge in [-0.1, -0.05) is 0 Å². The molecule has 4 heteroatoms. The molecule has 0 fully saturated rings. The Hall–Kier alpha value is -0.870. The zero-order chi connectivity index (χ0) is 8.72. The van der Waals surface area contributed by atoms with Crippen molar-refractivity contribution in [1.29, 1.82) is 0 Å². The average Bonchev–Trinajstić information content (AvgIpc) is 2.28. The lowest BCUT2D eigenvalue weighted by Crippen LogP contribution is -1.75. The molecule has 1 aromatic carbocycles. The van der Waals surface area contributed by atoms with E-state index in [1.807, 2.05) is 18.2 Å². The number of rotatable bonds is 0. The van der Waals surface area contributed by atoms with Crippen molar-refractivity contribution in [3.63, 3.8) is 0 Å². The molecule has 0 unspecified atom stereocenters. The van der Waals surface area contributed by atoms with Gasteiger partial charge in [0.15, 0.2) is 5.75 Å². The maximum Gasteiger partial charge on any atom is 0.157 e. The molecule has 2 nitrogen and oxygen atoms in total. The van der Waals surface area contributed by atoms with Crippen molar-refractivity contribution in [2.45, 2.75) is 4.90 Å². The van der Waals surface area contributed by atoms with Gasteiger partial charge in [0, 0.05) is 15.0 Å². The molecular formula is C8H7NOS2. The van der Waals surface area contributed by atoms with Crippen LogP contribution in [0.1, 0.15) is 0 Å². The molecule has 12 heavy (non-hydrogen) atoms. The molecule has 0 aliphatic heterocycles. The normalized spacial score (nSPS) is 10.8. The van der Waals surface area contributed by atoms with Crippen LogP contribution in [0.15, 0.2) is 23.1 Å². The van der Waals surface area contributed by atoms with Gasteiger partial charge in [-0.15, -0.1) is 24.0 Å². The van der Waals surface area contributed by atoms with Crippen LogP contribution in [0, 0.1) is 0 Å². The van der Waals surface area contributed by atoms with Crippen LogP contribution in [0.5, 0.6) is 5.75 Å². The summed E-state index contributed by atoms with van der Waals surface area (Å²) in [5.41, 5.74) is 5.55. The van der Waals surface area contributed by atoms with Gasteiger partial charge in [0.05, 0.1) is 0 Å². The molecule has 2 rings (SSSR count). The van der Waals surface area contributed by atoms with E-state index in [0.29, 0.717) is 5.00 Å². The first-order valence-electron chi connectivity index (χ1n) is 3.38. The molecule has 0 atom stereocenters. The number of hydrogen-bond acceptors (Lipinski definition) is 4.